The van der Waals surface area contributed by atoms with E-state index in [4.69, 9.17) is 9.84 Å². The molecule has 0 saturated heterocycles. The number of benzene rings is 3. The fourth-order valence-electron chi connectivity index (χ4n) is 4.51. The van der Waals surface area contributed by atoms with E-state index in [1.807, 2.05) is 62.4 Å². The Hall–Kier alpha value is -4.13. The second-order valence-corrected chi connectivity index (χ2v) is 8.79. The van der Waals surface area contributed by atoms with E-state index in [2.05, 4.69) is 0 Å². The van der Waals surface area contributed by atoms with Crippen molar-refractivity contribution in [2.24, 2.45) is 0 Å². The highest BCUT2D eigenvalue weighted by molar-refractivity contribution is 6.08. The molecule has 36 heavy (non-hydrogen) atoms. The van der Waals surface area contributed by atoms with E-state index >= 15 is 0 Å². The lowest BCUT2D eigenvalue weighted by molar-refractivity contribution is -0.137. The number of para-hydroxylation sites is 1. The number of carbonyl (C=O) groups is 3. The Balaban J connectivity index is 1.53. The number of anilines is 2. The van der Waals surface area contributed by atoms with Crippen LogP contribution in [0.4, 0.5) is 11.4 Å². The monoisotopic (exact) mass is 486 g/mol. The molecule has 1 heterocycles. The van der Waals surface area contributed by atoms with E-state index < -0.39 is 5.97 Å². The summed E-state index contributed by atoms with van der Waals surface area (Å²) in [6.07, 6.45) is 0.435. The third-order valence-electron chi connectivity index (χ3n) is 6.40. The highest BCUT2D eigenvalue weighted by Gasteiger charge is 2.35. The Morgan fingerprint density at radius 1 is 1.00 bits per heavy atom. The van der Waals surface area contributed by atoms with Crippen LogP contribution < -0.4 is 14.5 Å². The Labute approximate surface area is 210 Å². The molecule has 1 aliphatic rings. The van der Waals surface area contributed by atoms with Gasteiger partial charge in [-0.05, 0) is 68.3 Å². The number of amides is 2. The predicted octanol–water partition coefficient (Wildman–Crippen LogP) is 5.04. The average Bonchev–Trinajstić information content (AvgIpc) is 2.89. The maximum Gasteiger partial charge on any atom is 0.306 e. The molecule has 0 aliphatic carbocycles. The molecular weight excluding hydrogens is 456 g/mol. The molecule has 0 bridgehead atoms. The highest BCUT2D eigenvalue weighted by atomic mass is 16.5. The summed E-state index contributed by atoms with van der Waals surface area (Å²) in [5.41, 5.74) is 4.10. The Kier molecular flexibility index (Phi) is 7.68. The maximum absolute atomic E-state index is 13.7. The van der Waals surface area contributed by atoms with E-state index in [0.29, 0.717) is 30.8 Å². The van der Waals surface area contributed by atoms with Gasteiger partial charge in [0.05, 0.1) is 18.9 Å². The van der Waals surface area contributed by atoms with Gasteiger partial charge in [0, 0.05) is 30.0 Å². The molecule has 0 radical (unpaired) electrons. The van der Waals surface area contributed by atoms with Crippen LogP contribution in [0.15, 0.2) is 72.8 Å². The Morgan fingerprint density at radius 3 is 2.36 bits per heavy atom. The number of rotatable bonds is 8. The van der Waals surface area contributed by atoms with Crippen LogP contribution in [0, 0.1) is 6.92 Å². The number of aryl methyl sites for hydroxylation is 1. The van der Waals surface area contributed by atoms with E-state index in [9.17, 15) is 14.4 Å². The van der Waals surface area contributed by atoms with E-state index in [1.165, 1.54) is 0 Å². The van der Waals surface area contributed by atoms with Crippen molar-refractivity contribution < 1.29 is 24.2 Å². The van der Waals surface area contributed by atoms with E-state index in [-0.39, 0.29) is 30.8 Å². The fraction of sp³-hybridized carbons (Fsp3) is 0.276. The van der Waals surface area contributed by atoms with Gasteiger partial charge in [0.15, 0.2) is 0 Å². The smallest absolute Gasteiger partial charge is 0.306 e. The summed E-state index contributed by atoms with van der Waals surface area (Å²) >= 11 is 0. The van der Waals surface area contributed by atoms with Crippen LogP contribution in [0.1, 0.15) is 47.2 Å². The van der Waals surface area contributed by atoms with Gasteiger partial charge in [0.25, 0.3) is 5.91 Å². The van der Waals surface area contributed by atoms with Crippen molar-refractivity contribution in [1.82, 2.24) is 0 Å². The van der Waals surface area contributed by atoms with Crippen LogP contribution in [-0.4, -0.2) is 42.6 Å². The van der Waals surface area contributed by atoms with Crippen LogP contribution >= 0.6 is 0 Å². The van der Waals surface area contributed by atoms with Crippen molar-refractivity contribution in [3.8, 4) is 5.75 Å². The van der Waals surface area contributed by atoms with E-state index in [0.717, 1.165) is 22.5 Å². The van der Waals surface area contributed by atoms with Crippen molar-refractivity contribution in [3.05, 3.63) is 89.5 Å². The lowest BCUT2D eigenvalue weighted by atomic mass is 9.88. The SMILES string of the molecule is CCN(C(=O)[C@H]1CCN(C(=O)c2ccc(OCCC(=O)O)cc2)c2ccccc21)c1ccc(C)cc1. The first-order valence-electron chi connectivity index (χ1n) is 12.1. The van der Waals surface area contributed by atoms with Crippen LogP contribution in [0.2, 0.25) is 0 Å². The number of carboxylic acid groups (broad SMARTS) is 1. The average molecular weight is 487 g/mol. The number of carbonyl (C=O) groups excluding carboxylic acids is 2. The van der Waals surface area contributed by atoms with Gasteiger partial charge in [0.2, 0.25) is 5.91 Å². The molecule has 186 valence electrons. The lowest BCUT2D eigenvalue weighted by Gasteiger charge is -2.36. The van der Waals surface area contributed by atoms with Crippen molar-refractivity contribution >= 4 is 29.2 Å². The molecule has 4 rings (SSSR count). The van der Waals surface area contributed by atoms with Gasteiger partial charge in [-0.3, -0.25) is 14.4 Å². The standard InChI is InChI=1S/C29H30N2O5/c1-3-30(22-12-8-20(2)9-13-22)29(35)25-16-18-31(26-7-5-4-6-24(25)26)28(34)21-10-14-23(15-11-21)36-19-17-27(32)33/h4-15,25H,3,16-19H2,1-2H3,(H,32,33)/t25-/m0/s1. The summed E-state index contributed by atoms with van der Waals surface area (Å²) in [5, 5.41) is 8.74. The van der Waals surface area contributed by atoms with Crippen LogP contribution in [0.25, 0.3) is 0 Å². The summed E-state index contributed by atoms with van der Waals surface area (Å²) < 4.78 is 5.42. The Bertz CT molecular complexity index is 1240. The summed E-state index contributed by atoms with van der Waals surface area (Å²) in [6.45, 7) is 5.04. The maximum atomic E-state index is 13.7. The number of ether oxygens (including phenoxy) is 1. The zero-order valence-electron chi connectivity index (χ0n) is 20.5. The second kappa shape index (κ2) is 11.1. The predicted molar refractivity (Wildman–Crippen MR) is 139 cm³/mol. The topological polar surface area (TPSA) is 87.2 Å². The van der Waals surface area contributed by atoms with Gasteiger partial charge in [0.1, 0.15) is 5.75 Å². The molecule has 3 aromatic rings. The zero-order valence-corrected chi connectivity index (χ0v) is 20.5. The number of carboxylic acids is 1. The van der Waals surface area contributed by atoms with Gasteiger partial charge in [-0.2, -0.15) is 0 Å². The van der Waals surface area contributed by atoms with Crippen molar-refractivity contribution in [1.29, 1.82) is 0 Å². The first-order chi connectivity index (χ1) is 17.4. The first kappa shape index (κ1) is 25.0. The van der Waals surface area contributed by atoms with Crippen LogP contribution in [-0.2, 0) is 9.59 Å². The molecule has 1 atom stereocenters. The summed E-state index contributed by atoms with van der Waals surface area (Å²) in [5.74, 6) is -0.881. The fourth-order valence-corrected chi connectivity index (χ4v) is 4.51. The number of hydrogen-bond donors (Lipinski definition) is 1. The molecule has 0 fully saturated rings. The molecule has 0 saturated carbocycles. The minimum Gasteiger partial charge on any atom is -0.493 e. The van der Waals surface area contributed by atoms with E-state index in [1.54, 1.807) is 34.1 Å². The van der Waals surface area contributed by atoms with Crippen molar-refractivity contribution in [3.63, 3.8) is 0 Å². The largest absolute Gasteiger partial charge is 0.493 e. The summed E-state index contributed by atoms with van der Waals surface area (Å²) in [6, 6.07) is 22.2. The number of nitrogens with zero attached hydrogens (tertiary/aromatic N) is 2. The molecule has 1 aliphatic heterocycles. The number of likely N-dealkylation sites (N-methyl/N-ethyl adjacent to an activating group) is 1. The normalized spacial score (nSPS) is 14.6. The van der Waals surface area contributed by atoms with Crippen LogP contribution in [0.5, 0.6) is 5.75 Å². The van der Waals surface area contributed by atoms with Crippen molar-refractivity contribution in [2.75, 3.05) is 29.5 Å². The van der Waals surface area contributed by atoms with Crippen molar-refractivity contribution in [2.45, 2.75) is 32.6 Å². The lowest BCUT2D eigenvalue weighted by Crippen LogP contribution is -2.42. The van der Waals surface area contributed by atoms with Gasteiger partial charge in [-0.15, -0.1) is 0 Å². The molecule has 2 amide bonds. The molecule has 7 heteroatoms. The quantitative estimate of drug-likeness (QED) is 0.482. The highest BCUT2D eigenvalue weighted by Crippen LogP contribution is 2.38. The molecular formula is C29H30N2O5. The molecule has 3 aromatic carbocycles. The third kappa shape index (κ3) is 5.40. The van der Waals surface area contributed by atoms with Gasteiger partial charge in [-0.1, -0.05) is 35.9 Å². The summed E-state index contributed by atoms with van der Waals surface area (Å²) in [7, 11) is 0. The second-order valence-electron chi connectivity index (χ2n) is 8.79. The summed E-state index contributed by atoms with van der Waals surface area (Å²) in [4.78, 5) is 41.3. The molecule has 1 N–H and O–H groups in total. The van der Waals surface area contributed by atoms with Crippen LogP contribution in [0.3, 0.4) is 0 Å². The number of aliphatic carboxylic acids is 1. The molecule has 0 aromatic heterocycles. The van der Waals surface area contributed by atoms with Gasteiger partial charge in [-0.25, -0.2) is 0 Å². The first-order valence-corrected chi connectivity index (χ1v) is 12.1. The number of hydrogen-bond acceptors (Lipinski definition) is 4. The Morgan fingerprint density at radius 2 is 1.69 bits per heavy atom. The zero-order chi connectivity index (χ0) is 25.7. The van der Waals surface area contributed by atoms with Gasteiger partial charge < -0.3 is 19.6 Å². The minimum atomic E-state index is -0.928. The molecule has 0 unspecified atom stereocenters. The minimum absolute atomic E-state index is 0.0313. The van der Waals surface area contributed by atoms with Gasteiger partial charge >= 0.3 is 5.97 Å². The number of fused-ring (bicyclic) bond motifs is 1. The molecule has 0 spiro atoms. The molecule has 7 nitrogen and oxygen atoms in total. The third-order valence-corrected chi connectivity index (χ3v) is 6.40.